The molecule has 0 aliphatic carbocycles. The highest BCUT2D eigenvalue weighted by molar-refractivity contribution is 6.30. The average molecular weight is 402 g/mol. The smallest absolute Gasteiger partial charge is 0.244 e. The number of carbonyl (C=O) groups is 2. The van der Waals surface area contributed by atoms with Crippen LogP contribution < -0.4 is 16.0 Å². The molecular weight excluding hydrogens is 381 g/mol. The van der Waals surface area contributed by atoms with Crippen molar-refractivity contribution in [2.75, 3.05) is 6.54 Å². The molecule has 146 valence electrons. The van der Waals surface area contributed by atoms with Crippen molar-refractivity contribution in [2.24, 2.45) is 0 Å². The molecular formula is C21H21ClFN3O2. The molecule has 0 spiro atoms. The molecule has 2 atom stereocenters. The topological polar surface area (TPSA) is 70.2 Å². The van der Waals surface area contributed by atoms with E-state index in [2.05, 4.69) is 16.0 Å². The molecule has 0 saturated carbocycles. The van der Waals surface area contributed by atoms with Gasteiger partial charge in [-0.2, -0.15) is 0 Å². The lowest BCUT2D eigenvalue weighted by Crippen LogP contribution is -2.59. The number of benzene rings is 2. The van der Waals surface area contributed by atoms with Crippen molar-refractivity contribution in [1.82, 2.24) is 16.0 Å². The molecule has 2 amide bonds. The van der Waals surface area contributed by atoms with Crippen LogP contribution in [0.3, 0.4) is 0 Å². The predicted molar refractivity (Wildman–Crippen MR) is 107 cm³/mol. The van der Waals surface area contributed by atoms with Gasteiger partial charge in [-0.1, -0.05) is 48.0 Å². The maximum absolute atomic E-state index is 13.8. The van der Waals surface area contributed by atoms with E-state index in [1.807, 2.05) is 30.3 Å². The molecule has 3 rings (SSSR count). The third-order valence-corrected chi connectivity index (χ3v) is 4.67. The molecule has 3 N–H and O–H groups in total. The first-order chi connectivity index (χ1) is 13.5. The van der Waals surface area contributed by atoms with Gasteiger partial charge in [0.1, 0.15) is 11.9 Å². The van der Waals surface area contributed by atoms with Crippen LogP contribution in [-0.2, 0) is 16.0 Å². The lowest BCUT2D eigenvalue weighted by molar-refractivity contribution is -0.128. The number of hydrogen-bond donors (Lipinski definition) is 3. The lowest BCUT2D eigenvalue weighted by Gasteiger charge is -2.30. The van der Waals surface area contributed by atoms with Gasteiger partial charge in [0.05, 0.1) is 6.17 Å². The first kappa shape index (κ1) is 20.0. The summed E-state index contributed by atoms with van der Waals surface area (Å²) in [5, 5.41) is 8.95. The van der Waals surface area contributed by atoms with Gasteiger partial charge in [-0.25, -0.2) is 4.39 Å². The van der Waals surface area contributed by atoms with E-state index in [0.29, 0.717) is 6.42 Å². The van der Waals surface area contributed by atoms with Crippen LogP contribution in [0.25, 0.3) is 6.08 Å². The first-order valence-corrected chi connectivity index (χ1v) is 9.40. The van der Waals surface area contributed by atoms with Crippen molar-refractivity contribution in [3.05, 3.63) is 76.6 Å². The van der Waals surface area contributed by atoms with Gasteiger partial charge in [-0.05, 0) is 30.2 Å². The van der Waals surface area contributed by atoms with E-state index >= 15 is 0 Å². The van der Waals surface area contributed by atoms with Gasteiger partial charge in [0.2, 0.25) is 11.8 Å². The van der Waals surface area contributed by atoms with Crippen molar-refractivity contribution in [1.29, 1.82) is 0 Å². The fourth-order valence-electron chi connectivity index (χ4n) is 2.77. The van der Waals surface area contributed by atoms with Crippen LogP contribution in [0.5, 0.6) is 0 Å². The number of nitrogens with one attached hydrogen (secondary N) is 3. The maximum atomic E-state index is 13.8. The zero-order valence-electron chi connectivity index (χ0n) is 15.1. The summed E-state index contributed by atoms with van der Waals surface area (Å²) in [6.45, 7) is 0.857. The molecule has 28 heavy (non-hydrogen) atoms. The van der Waals surface area contributed by atoms with Crippen molar-refractivity contribution < 1.29 is 14.0 Å². The Bertz CT molecular complexity index is 869. The van der Waals surface area contributed by atoms with Crippen LogP contribution in [-0.4, -0.2) is 30.6 Å². The molecule has 0 bridgehead atoms. The Hall–Kier alpha value is -2.70. The molecule has 2 aromatic rings. The standard InChI is InChI=1S/C21H21ClFN3O2/c22-16-8-6-15(17(23)13-16)7-9-20(27)25-18(12-14-4-2-1-3-5-14)21(28)26-19-10-11-24-19/h1-9,13,18-19,24H,10-12H2,(H,25,27)(H,26,28)/b9-7+/t18-,19?/m0/s1. The lowest BCUT2D eigenvalue weighted by atomic mass is 10.0. The Balaban J connectivity index is 1.67. The van der Waals surface area contributed by atoms with Gasteiger partial charge in [-0.3, -0.25) is 14.9 Å². The van der Waals surface area contributed by atoms with E-state index in [9.17, 15) is 14.0 Å². The second kappa shape index (κ2) is 9.48. The van der Waals surface area contributed by atoms with Gasteiger partial charge >= 0.3 is 0 Å². The Morgan fingerprint density at radius 2 is 2.00 bits per heavy atom. The third-order valence-electron chi connectivity index (χ3n) is 4.43. The molecule has 5 nitrogen and oxygen atoms in total. The Labute approximate surface area is 168 Å². The monoisotopic (exact) mass is 401 g/mol. The molecule has 0 radical (unpaired) electrons. The van der Waals surface area contributed by atoms with Crippen LogP contribution in [0.15, 0.2) is 54.6 Å². The third kappa shape index (κ3) is 5.65. The number of amides is 2. The highest BCUT2D eigenvalue weighted by Crippen LogP contribution is 2.15. The summed E-state index contributed by atoms with van der Waals surface area (Å²) in [5.74, 6) is -1.27. The van der Waals surface area contributed by atoms with E-state index in [4.69, 9.17) is 11.6 Å². The van der Waals surface area contributed by atoms with Crippen molar-refractivity contribution >= 4 is 29.5 Å². The maximum Gasteiger partial charge on any atom is 0.244 e. The molecule has 7 heteroatoms. The van der Waals surface area contributed by atoms with Crippen LogP contribution in [0.4, 0.5) is 4.39 Å². The highest BCUT2D eigenvalue weighted by Gasteiger charge is 2.25. The van der Waals surface area contributed by atoms with E-state index in [1.165, 1.54) is 24.3 Å². The molecule has 1 unspecified atom stereocenters. The summed E-state index contributed by atoms with van der Waals surface area (Å²) < 4.78 is 13.8. The fourth-order valence-corrected chi connectivity index (χ4v) is 2.92. The average Bonchev–Trinajstić information content (AvgIpc) is 2.64. The number of rotatable bonds is 7. The molecule has 1 aliphatic heterocycles. The largest absolute Gasteiger partial charge is 0.340 e. The SMILES string of the molecule is O=C(/C=C/c1ccc(Cl)cc1F)N[C@@H](Cc1ccccc1)C(=O)NC1CCN1. The highest BCUT2D eigenvalue weighted by atomic mass is 35.5. The molecule has 1 saturated heterocycles. The van der Waals surface area contributed by atoms with Crippen LogP contribution in [0, 0.1) is 5.82 Å². The minimum atomic E-state index is -0.739. The van der Waals surface area contributed by atoms with Crippen LogP contribution in [0.1, 0.15) is 17.5 Å². The fraction of sp³-hybridized carbons (Fsp3) is 0.238. The quantitative estimate of drug-likeness (QED) is 0.625. The van der Waals surface area contributed by atoms with E-state index in [1.54, 1.807) is 6.07 Å². The second-order valence-corrected chi connectivity index (χ2v) is 6.99. The first-order valence-electron chi connectivity index (χ1n) is 9.02. The van der Waals surface area contributed by atoms with Crippen LogP contribution >= 0.6 is 11.6 Å². The zero-order chi connectivity index (χ0) is 19.9. The van der Waals surface area contributed by atoms with Gasteiger partial charge in [0.25, 0.3) is 0 Å². The number of carbonyl (C=O) groups excluding carboxylic acids is 2. The summed E-state index contributed by atoms with van der Waals surface area (Å²) in [5.41, 5.74) is 1.17. The van der Waals surface area contributed by atoms with E-state index in [-0.39, 0.29) is 22.7 Å². The molecule has 1 fully saturated rings. The molecule has 1 heterocycles. The van der Waals surface area contributed by atoms with Gasteiger partial charge in [-0.15, -0.1) is 0 Å². The Morgan fingerprint density at radius 3 is 2.64 bits per heavy atom. The summed E-state index contributed by atoms with van der Waals surface area (Å²) in [6, 6.07) is 12.9. The minimum Gasteiger partial charge on any atom is -0.340 e. The zero-order valence-corrected chi connectivity index (χ0v) is 15.9. The molecule has 1 aliphatic rings. The van der Waals surface area contributed by atoms with Gasteiger partial charge in [0, 0.05) is 29.6 Å². The van der Waals surface area contributed by atoms with Crippen molar-refractivity contribution in [3.63, 3.8) is 0 Å². The summed E-state index contributed by atoms with van der Waals surface area (Å²) in [7, 11) is 0. The Kier molecular flexibility index (Phi) is 6.79. The van der Waals surface area contributed by atoms with E-state index < -0.39 is 17.8 Å². The minimum absolute atomic E-state index is 0.0682. The molecule has 2 aromatic carbocycles. The normalized spacial score (nSPS) is 17.0. The van der Waals surface area contributed by atoms with Gasteiger partial charge in [0.15, 0.2) is 0 Å². The number of hydrogen-bond acceptors (Lipinski definition) is 3. The van der Waals surface area contributed by atoms with Crippen molar-refractivity contribution in [2.45, 2.75) is 25.0 Å². The summed E-state index contributed by atoms with van der Waals surface area (Å²) >= 11 is 5.73. The summed E-state index contributed by atoms with van der Waals surface area (Å²) in [6.07, 6.45) is 3.70. The van der Waals surface area contributed by atoms with Crippen molar-refractivity contribution in [3.8, 4) is 0 Å². The van der Waals surface area contributed by atoms with Gasteiger partial charge < -0.3 is 10.6 Å². The Morgan fingerprint density at radius 1 is 1.25 bits per heavy atom. The van der Waals surface area contributed by atoms with Crippen LogP contribution in [0.2, 0.25) is 5.02 Å². The number of halogens is 2. The second-order valence-electron chi connectivity index (χ2n) is 6.55. The molecule has 0 aromatic heterocycles. The van der Waals surface area contributed by atoms with E-state index in [0.717, 1.165) is 18.5 Å². The predicted octanol–water partition coefficient (Wildman–Crippen LogP) is 2.66. The summed E-state index contributed by atoms with van der Waals surface area (Å²) in [4.78, 5) is 24.9.